The van der Waals surface area contributed by atoms with Crippen molar-refractivity contribution in [3.63, 3.8) is 0 Å². The highest BCUT2D eigenvalue weighted by molar-refractivity contribution is 5.99. The Kier molecular flexibility index (Phi) is 4.73. The topological polar surface area (TPSA) is 52.7 Å². The normalized spacial score (nSPS) is 21.0. The van der Waals surface area contributed by atoms with Crippen molar-refractivity contribution < 1.29 is 22.8 Å². The summed E-state index contributed by atoms with van der Waals surface area (Å²) >= 11 is 0. The first-order chi connectivity index (χ1) is 11.8. The zero-order valence-electron chi connectivity index (χ0n) is 13.9. The van der Waals surface area contributed by atoms with E-state index < -0.39 is 17.6 Å². The van der Waals surface area contributed by atoms with Crippen LogP contribution in [0.15, 0.2) is 18.2 Å². The number of rotatable bonds is 3. The number of hydrogen-bond acceptors (Lipinski definition) is 3. The number of halogens is 3. The quantitative estimate of drug-likeness (QED) is 0.905. The Balaban J connectivity index is 1.97. The van der Waals surface area contributed by atoms with Crippen molar-refractivity contribution >= 4 is 17.5 Å². The number of nitrogens with zero attached hydrogens (tertiary/aromatic N) is 2. The minimum atomic E-state index is -4.58. The summed E-state index contributed by atoms with van der Waals surface area (Å²) in [5.41, 5.74) is -0.816. The molecule has 0 aliphatic carbocycles. The van der Waals surface area contributed by atoms with Crippen molar-refractivity contribution in [1.82, 2.24) is 10.2 Å². The van der Waals surface area contributed by atoms with Gasteiger partial charge in [0.25, 0.3) is 5.91 Å². The minimum Gasteiger partial charge on any atom is -0.337 e. The van der Waals surface area contributed by atoms with Gasteiger partial charge in [0.15, 0.2) is 0 Å². The molecule has 0 bridgehead atoms. The van der Waals surface area contributed by atoms with E-state index in [9.17, 15) is 22.8 Å². The smallest absolute Gasteiger partial charge is 0.337 e. The standard InChI is InChI=1S/C17H20F3N3O2/c1-22(13-4-5-21-10-13)16(25)11-7-12(17(18,19)20)9-14(8-11)23-6-2-3-15(23)24/h7-9,13,21H,2-6,10H2,1H3. The monoisotopic (exact) mass is 355 g/mol. The summed E-state index contributed by atoms with van der Waals surface area (Å²) in [6.07, 6.45) is -2.90. The lowest BCUT2D eigenvalue weighted by Gasteiger charge is -2.25. The molecule has 1 atom stereocenters. The third-order valence-corrected chi connectivity index (χ3v) is 4.78. The summed E-state index contributed by atoms with van der Waals surface area (Å²) < 4.78 is 39.8. The van der Waals surface area contributed by atoms with Gasteiger partial charge in [-0.25, -0.2) is 0 Å². The molecule has 2 aliphatic heterocycles. The van der Waals surface area contributed by atoms with E-state index in [4.69, 9.17) is 0 Å². The van der Waals surface area contributed by atoms with Gasteiger partial charge in [-0.2, -0.15) is 13.2 Å². The maximum atomic E-state index is 13.3. The predicted molar refractivity (Wildman–Crippen MR) is 86.4 cm³/mol. The lowest BCUT2D eigenvalue weighted by Crippen LogP contribution is -2.38. The van der Waals surface area contributed by atoms with Gasteiger partial charge >= 0.3 is 6.18 Å². The minimum absolute atomic E-state index is 0.0427. The second-order valence-corrected chi connectivity index (χ2v) is 6.48. The molecule has 2 fully saturated rings. The molecular formula is C17H20F3N3O2. The van der Waals surface area contributed by atoms with E-state index in [1.807, 2.05) is 0 Å². The number of nitrogens with one attached hydrogen (secondary N) is 1. The summed E-state index contributed by atoms with van der Waals surface area (Å²) in [6, 6.07) is 3.15. The highest BCUT2D eigenvalue weighted by atomic mass is 19.4. The van der Waals surface area contributed by atoms with E-state index >= 15 is 0 Å². The molecule has 8 heteroatoms. The molecule has 1 aromatic carbocycles. The number of carbonyl (C=O) groups excluding carboxylic acids is 2. The zero-order valence-corrected chi connectivity index (χ0v) is 13.9. The summed E-state index contributed by atoms with van der Waals surface area (Å²) in [6.45, 7) is 1.77. The second kappa shape index (κ2) is 6.67. The van der Waals surface area contributed by atoms with E-state index in [-0.39, 0.29) is 23.2 Å². The Bertz CT molecular complexity index is 684. The fraction of sp³-hybridized carbons (Fsp3) is 0.529. The number of alkyl halides is 3. The van der Waals surface area contributed by atoms with Crippen molar-refractivity contribution in [2.45, 2.75) is 31.5 Å². The van der Waals surface area contributed by atoms with E-state index in [0.29, 0.717) is 25.9 Å². The van der Waals surface area contributed by atoms with Crippen LogP contribution in [0.2, 0.25) is 0 Å². The van der Waals surface area contributed by atoms with Crippen LogP contribution in [0, 0.1) is 0 Å². The number of amides is 2. The van der Waals surface area contributed by atoms with Crippen molar-refractivity contribution in [3.8, 4) is 0 Å². The molecule has 0 spiro atoms. The molecule has 2 aliphatic rings. The molecule has 3 rings (SSSR count). The lowest BCUT2D eigenvalue weighted by atomic mass is 10.1. The molecule has 2 amide bonds. The largest absolute Gasteiger partial charge is 0.416 e. The first kappa shape index (κ1) is 17.7. The van der Waals surface area contributed by atoms with E-state index in [1.54, 1.807) is 7.05 Å². The van der Waals surface area contributed by atoms with Gasteiger partial charge in [0.05, 0.1) is 5.56 Å². The summed E-state index contributed by atoms with van der Waals surface area (Å²) in [5, 5.41) is 3.13. The molecule has 1 aromatic rings. The molecule has 0 radical (unpaired) electrons. The first-order valence-electron chi connectivity index (χ1n) is 8.28. The van der Waals surface area contributed by atoms with Gasteiger partial charge in [-0.05, 0) is 37.6 Å². The van der Waals surface area contributed by atoms with Crippen LogP contribution in [0.4, 0.5) is 18.9 Å². The van der Waals surface area contributed by atoms with Crippen LogP contribution in [0.5, 0.6) is 0 Å². The van der Waals surface area contributed by atoms with Gasteiger partial charge in [0.2, 0.25) is 5.91 Å². The number of benzene rings is 1. The highest BCUT2D eigenvalue weighted by Gasteiger charge is 2.34. The van der Waals surface area contributed by atoms with Crippen LogP contribution in [0.1, 0.15) is 35.2 Å². The fourth-order valence-corrected chi connectivity index (χ4v) is 3.31. The number of anilines is 1. The Labute approximate surface area is 143 Å². The molecule has 0 aromatic heterocycles. The van der Waals surface area contributed by atoms with Crippen LogP contribution in [0.25, 0.3) is 0 Å². The highest BCUT2D eigenvalue weighted by Crippen LogP contribution is 2.34. The van der Waals surface area contributed by atoms with Crippen molar-refractivity contribution in [2.75, 3.05) is 31.6 Å². The Hall–Kier alpha value is -2.09. The van der Waals surface area contributed by atoms with Gasteiger partial charge in [-0.15, -0.1) is 0 Å². The van der Waals surface area contributed by atoms with Crippen LogP contribution in [-0.4, -0.2) is 49.4 Å². The number of likely N-dealkylation sites (N-methyl/N-ethyl adjacent to an activating group) is 1. The predicted octanol–water partition coefficient (Wildman–Crippen LogP) is 2.27. The summed E-state index contributed by atoms with van der Waals surface area (Å²) in [7, 11) is 1.60. The van der Waals surface area contributed by atoms with Crippen LogP contribution in [0.3, 0.4) is 0 Å². The number of carbonyl (C=O) groups is 2. The Morgan fingerprint density at radius 3 is 2.64 bits per heavy atom. The molecule has 5 nitrogen and oxygen atoms in total. The summed E-state index contributed by atoms with van der Waals surface area (Å²) in [4.78, 5) is 27.4. The molecule has 2 saturated heterocycles. The van der Waals surface area contributed by atoms with Gasteiger partial charge in [0.1, 0.15) is 0 Å². The van der Waals surface area contributed by atoms with Crippen molar-refractivity contribution in [1.29, 1.82) is 0 Å². The zero-order chi connectivity index (χ0) is 18.2. The van der Waals surface area contributed by atoms with Gasteiger partial charge < -0.3 is 15.1 Å². The maximum absolute atomic E-state index is 13.3. The van der Waals surface area contributed by atoms with E-state index in [0.717, 1.165) is 25.1 Å². The van der Waals surface area contributed by atoms with Crippen LogP contribution >= 0.6 is 0 Å². The van der Waals surface area contributed by atoms with Crippen LogP contribution in [-0.2, 0) is 11.0 Å². The average Bonchev–Trinajstić information content (AvgIpc) is 3.23. The van der Waals surface area contributed by atoms with Gasteiger partial charge in [0, 0.05) is 43.9 Å². The van der Waals surface area contributed by atoms with E-state index in [1.165, 1.54) is 15.9 Å². The third kappa shape index (κ3) is 3.63. The first-order valence-corrected chi connectivity index (χ1v) is 8.28. The third-order valence-electron chi connectivity index (χ3n) is 4.78. The SMILES string of the molecule is CN(C(=O)c1cc(N2CCCC2=O)cc(C(F)(F)F)c1)C1CCNC1. The number of hydrogen-bond donors (Lipinski definition) is 1. The molecule has 136 valence electrons. The van der Waals surface area contributed by atoms with Gasteiger partial charge in [-0.3, -0.25) is 9.59 Å². The molecule has 1 N–H and O–H groups in total. The van der Waals surface area contributed by atoms with Crippen molar-refractivity contribution in [2.24, 2.45) is 0 Å². The average molecular weight is 355 g/mol. The molecular weight excluding hydrogens is 335 g/mol. The second-order valence-electron chi connectivity index (χ2n) is 6.48. The molecule has 0 saturated carbocycles. The molecule has 25 heavy (non-hydrogen) atoms. The van der Waals surface area contributed by atoms with Gasteiger partial charge in [-0.1, -0.05) is 0 Å². The fourth-order valence-electron chi connectivity index (χ4n) is 3.31. The van der Waals surface area contributed by atoms with Crippen LogP contribution < -0.4 is 10.2 Å². The maximum Gasteiger partial charge on any atom is 0.416 e. The van der Waals surface area contributed by atoms with Crippen molar-refractivity contribution in [3.05, 3.63) is 29.3 Å². The summed E-state index contributed by atoms with van der Waals surface area (Å²) in [5.74, 6) is -0.682. The Morgan fingerprint density at radius 1 is 1.32 bits per heavy atom. The molecule has 2 heterocycles. The van der Waals surface area contributed by atoms with E-state index in [2.05, 4.69) is 5.32 Å². The molecule has 1 unspecified atom stereocenters. The Morgan fingerprint density at radius 2 is 2.08 bits per heavy atom. The lowest BCUT2D eigenvalue weighted by molar-refractivity contribution is -0.137.